The van der Waals surface area contributed by atoms with Gasteiger partial charge in [0.1, 0.15) is 0 Å². The van der Waals surface area contributed by atoms with Crippen molar-refractivity contribution in [1.82, 2.24) is 19.5 Å². The molecule has 15 heavy (non-hydrogen) atoms. The number of aromatic nitrogens is 4. The molecule has 5 heteroatoms. The highest BCUT2D eigenvalue weighted by molar-refractivity contribution is 6.16. The Hall–Kier alpha value is -1.42. The number of hydrogen-bond acceptors (Lipinski definition) is 3. The summed E-state index contributed by atoms with van der Waals surface area (Å²) in [5, 5.41) is 0. The molecule has 0 saturated carbocycles. The van der Waals surface area contributed by atoms with Crippen LogP contribution in [0.4, 0.5) is 0 Å². The third-order valence-electron chi connectivity index (χ3n) is 2.07. The number of rotatable bonds is 2. The Bertz CT molecular complexity index is 478. The Morgan fingerprint density at radius 2 is 2.20 bits per heavy atom. The summed E-state index contributed by atoms with van der Waals surface area (Å²) in [5.41, 5.74) is 1.72. The van der Waals surface area contributed by atoms with Crippen molar-refractivity contribution in [3.8, 4) is 11.6 Å². The largest absolute Gasteiger partial charge is 0.331 e. The van der Waals surface area contributed by atoms with Gasteiger partial charge in [-0.2, -0.15) is 0 Å². The topological polar surface area (TPSA) is 43.6 Å². The summed E-state index contributed by atoms with van der Waals surface area (Å²) in [6.45, 7) is 1.92. The van der Waals surface area contributed by atoms with Crippen LogP contribution in [0.5, 0.6) is 0 Å². The molecule has 0 aliphatic rings. The van der Waals surface area contributed by atoms with Crippen LogP contribution < -0.4 is 0 Å². The van der Waals surface area contributed by atoms with Gasteiger partial charge in [0.15, 0.2) is 11.6 Å². The molecule has 0 spiro atoms. The maximum atomic E-state index is 5.75. The average Bonchev–Trinajstić information content (AvgIpc) is 2.63. The van der Waals surface area contributed by atoms with Crippen molar-refractivity contribution in [2.24, 2.45) is 7.05 Å². The van der Waals surface area contributed by atoms with Crippen LogP contribution in [0.2, 0.25) is 0 Å². The first kappa shape index (κ1) is 10.1. The van der Waals surface area contributed by atoms with Gasteiger partial charge in [-0.05, 0) is 13.0 Å². The summed E-state index contributed by atoms with van der Waals surface area (Å²) in [5.74, 6) is 1.77. The van der Waals surface area contributed by atoms with Gasteiger partial charge in [0.2, 0.25) is 0 Å². The molecule has 0 aliphatic heterocycles. The van der Waals surface area contributed by atoms with Crippen molar-refractivity contribution < 1.29 is 0 Å². The number of aryl methyl sites for hydroxylation is 2. The summed E-state index contributed by atoms with van der Waals surface area (Å²) < 4.78 is 1.88. The van der Waals surface area contributed by atoms with E-state index in [2.05, 4.69) is 15.0 Å². The Morgan fingerprint density at radius 3 is 2.80 bits per heavy atom. The van der Waals surface area contributed by atoms with Crippen molar-refractivity contribution in [2.75, 3.05) is 0 Å². The minimum absolute atomic E-state index is 0.390. The van der Waals surface area contributed by atoms with Crippen molar-refractivity contribution in [3.63, 3.8) is 0 Å². The van der Waals surface area contributed by atoms with Crippen LogP contribution in [0.1, 0.15) is 11.4 Å². The third kappa shape index (κ3) is 1.99. The second kappa shape index (κ2) is 3.98. The molecule has 0 bridgehead atoms. The average molecular weight is 223 g/mol. The molecule has 2 heterocycles. The normalized spacial score (nSPS) is 10.6. The molecule has 78 valence electrons. The molecule has 0 aliphatic carbocycles. The predicted molar refractivity (Wildman–Crippen MR) is 58.5 cm³/mol. The molecule has 0 aromatic carbocycles. The zero-order chi connectivity index (χ0) is 10.8. The number of imidazole rings is 1. The fourth-order valence-corrected chi connectivity index (χ4v) is 1.52. The molecule has 0 saturated heterocycles. The summed E-state index contributed by atoms with van der Waals surface area (Å²) in [4.78, 5) is 12.9. The van der Waals surface area contributed by atoms with Gasteiger partial charge in [-0.3, -0.25) is 0 Å². The minimum Gasteiger partial charge on any atom is -0.331 e. The fourth-order valence-electron chi connectivity index (χ4n) is 1.38. The maximum absolute atomic E-state index is 5.75. The maximum Gasteiger partial charge on any atom is 0.196 e. The second-order valence-corrected chi connectivity index (χ2v) is 3.59. The van der Waals surface area contributed by atoms with Crippen molar-refractivity contribution in [3.05, 3.63) is 29.8 Å². The van der Waals surface area contributed by atoms with Gasteiger partial charge in [-0.15, -0.1) is 11.6 Å². The summed E-state index contributed by atoms with van der Waals surface area (Å²) in [7, 11) is 1.91. The molecule has 0 amide bonds. The highest BCUT2D eigenvalue weighted by Crippen LogP contribution is 2.13. The highest BCUT2D eigenvalue weighted by Gasteiger charge is 2.08. The van der Waals surface area contributed by atoms with E-state index < -0.39 is 0 Å². The predicted octanol–water partition coefficient (Wildman–Crippen LogP) is 1.92. The van der Waals surface area contributed by atoms with Crippen molar-refractivity contribution in [2.45, 2.75) is 12.8 Å². The van der Waals surface area contributed by atoms with Crippen LogP contribution in [-0.4, -0.2) is 19.5 Å². The monoisotopic (exact) mass is 222 g/mol. The van der Waals surface area contributed by atoms with Crippen LogP contribution in [0.3, 0.4) is 0 Å². The van der Waals surface area contributed by atoms with Gasteiger partial charge in [-0.1, -0.05) is 0 Å². The molecular formula is C10H11ClN4. The van der Waals surface area contributed by atoms with Gasteiger partial charge < -0.3 is 4.57 Å². The number of alkyl halides is 1. The van der Waals surface area contributed by atoms with Crippen LogP contribution in [-0.2, 0) is 12.9 Å². The van der Waals surface area contributed by atoms with Crippen LogP contribution in [0, 0.1) is 6.92 Å². The standard InChI is InChI=1S/C10H11ClN4/c1-7-5-8(6-11)14-9(13-7)10-12-3-4-15(10)2/h3-5H,6H2,1-2H3. The second-order valence-electron chi connectivity index (χ2n) is 3.32. The first-order valence-corrected chi connectivity index (χ1v) is 5.12. The quantitative estimate of drug-likeness (QED) is 0.730. The van der Waals surface area contributed by atoms with Gasteiger partial charge in [0.05, 0.1) is 11.6 Å². The molecule has 0 atom stereocenters. The molecule has 0 radical (unpaired) electrons. The molecule has 4 nitrogen and oxygen atoms in total. The van der Waals surface area contributed by atoms with Gasteiger partial charge in [-0.25, -0.2) is 15.0 Å². The van der Waals surface area contributed by atoms with E-state index in [0.29, 0.717) is 11.7 Å². The number of hydrogen-bond donors (Lipinski definition) is 0. The lowest BCUT2D eigenvalue weighted by Gasteiger charge is -2.03. The van der Waals surface area contributed by atoms with E-state index >= 15 is 0 Å². The van der Waals surface area contributed by atoms with Crippen molar-refractivity contribution >= 4 is 11.6 Å². The summed E-state index contributed by atoms with van der Waals surface area (Å²) >= 11 is 5.75. The van der Waals surface area contributed by atoms with Gasteiger partial charge in [0, 0.05) is 25.1 Å². The lowest BCUT2D eigenvalue weighted by molar-refractivity contribution is 0.897. The van der Waals surface area contributed by atoms with Crippen LogP contribution >= 0.6 is 11.6 Å². The first-order chi connectivity index (χ1) is 7.20. The van der Waals surface area contributed by atoms with Crippen LogP contribution in [0.25, 0.3) is 11.6 Å². The molecule has 0 unspecified atom stereocenters. The SMILES string of the molecule is Cc1cc(CCl)nc(-c2nccn2C)n1. The number of nitrogens with zero attached hydrogens (tertiary/aromatic N) is 4. The van der Waals surface area contributed by atoms with E-state index in [1.807, 2.05) is 30.8 Å². The van der Waals surface area contributed by atoms with E-state index in [0.717, 1.165) is 17.2 Å². The zero-order valence-corrected chi connectivity index (χ0v) is 9.36. The van der Waals surface area contributed by atoms with E-state index in [1.165, 1.54) is 0 Å². The first-order valence-electron chi connectivity index (χ1n) is 4.59. The Morgan fingerprint density at radius 1 is 1.40 bits per heavy atom. The minimum atomic E-state index is 0.390. The lowest BCUT2D eigenvalue weighted by atomic mass is 10.3. The third-order valence-corrected chi connectivity index (χ3v) is 2.34. The van der Waals surface area contributed by atoms with Crippen molar-refractivity contribution in [1.29, 1.82) is 0 Å². The van der Waals surface area contributed by atoms with Gasteiger partial charge >= 0.3 is 0 Å². The molecular weight excluding hydrogens is 212 g/mol. The summed E-state index contributed by atoms with van der Waals surface area (Å²) in [6.07, 6.45) is 3.59. The molecule has 2 rings (SSSR count). The van der Waals surface area contributed by atoms with E-state index in [9.17, 15) is 0 Å². The Labute approximate surface area is 93.0 Å². The molecule has 0 N–H and O–H groups in total. The Kier molecular flexibility index (Phi) is 2.68. The van der Waals surface area contributed by atoms with E-state index in [4.69, 9.17) is 11.6 Å². The molecule has 2 aromatic rings. The van der Waals surface area contributed by atoms with E-state index in [1.54, 1.807) is 6.20 Å². The molecule has 0 fully saturated rings. The van der Waals surface area contributed by atoms with Crippen LogP contribution in [0.15, 0.2) is 18.5 Å². The lowest BCUT2D eigenvalue weighted by Crippen LogP contribution is -2.00. The summed E-state index contributed by atoms with van der Waals surface area (Å²) in [6, 6.07) is 1.87. The number of halogens is 1. The zero-order valence-electron chi connectivity index (χ0n) is 8.61. The van der Waals surface area contributed by atoms with Gasteiger partial charge in [0.25, 0.3) is 0 Å². The van der Waals surface area contributed by atoms with E-state index in [-0.39, 0.29) is 0 Å². The smallest absolute Gasteiger partial charge is 0.196 e. The fraction of sp³-hybridized carbons (Fsp3) is 0.300. The highest BCUT2D eigenvalue weighted by atomic mass is 35.5. The molecule has 2 aromatic heterocycles. The Balaban J connectivity index is 2.53.